The minimum absolute atomic E-state index is 0.188. The van der Waals surface area contributed by atoms with Crippen LogP contribution in [0.15, 0.2) is 22.6 Å². The Kier molecular flexibility index (Phi) is 3.10. The lowest BCUT2D eigenvalue weighted by atomic mass is 10.2. The van der Waals surface area contributed by atoms with Crippen molar-refractivity contribution in [2.75, 3.05) is 5.32 Å². The van der Waals surface area contributed by atoms with Gasteiger partial charge in [-0.3, -0.25) is 4.79 Å². The first-order chi connectivity index (χ1) is 8.10. The van der Waals surface area contributed by atoms with Gasteiger partial charge in [0.05, 0.1) is 6.04 Å². The van der Waals surface area contributed by atoms with Gasteiger partial charge in [0, 0.05) is 12.6 Å². The SMILES string of the molecule is CC[C@@H](N)C(=O)Nc1ccc2oc(C)nc2c1. The van der Waals surface area contributed by atoms with Crippen LogP contribution in [0.2, 0.25) is 0 Å². The lowest BCUT2D eigenvalue weighted by molar-refractivity contribution is -0.117. The number of oxazole rings is 1. The Morgan fingerprint density at radius 3 is 3.06 bits per heavy atom. The van der Waals surface area contributed by atoms with Crippen LogP contribution in [0.25, 0.3) is 11.1 Å². The van der Waals surface area contributed by atoms with Crippen LogP contribution in [-0.2, 0) is 4.79 Å². The summed E-state index contributed by atoms with van der Waals surface area (Å²) in [4.78, 5) is 15.8. The summed E-state index contributed by atoms with van der Waals surface area (Å²) in [7, 11) is 0. The molecule has 0 spiro atoms. The summed E-state index contributed by atoms with van der Waals surface area (Å²) in [6.45, 7) is 3.65. The molecule has 0 aliphatic heterocycles. The number of hydrogen-bond acceptors (Lipinski definition) is 4. The Morgan fingerprint density at radius 2 is 2.35 bits per heavy atom. The molecule has 1 aromatic heterocycles. The summed E-state index contributed by atoms with van der Waals surface area (Å²) < 4.78 is 5.35. The zero-order valence-corrected chi connectivity index (χ0v) is 9.86. The molecule has 0 saturated heterocycles. The van der Waals surface area contributed by atoms with Crippen LogP contribution in [0.3, 0.4) is 0 Å². The summed E-state index contributed by atoms with van der Waals surface area (Å²) in [5.41, 5.74) is 7.75. The monoisotopic (exact) mass is 233 g/mol. The zero-order valence-electron chi connectivity index (χ0n) is 9.86. The van der Waals surface area contributed by atoms with Gasteiger partial charge in [0.15, 0.2) is 11.5 Å². The van der Waals surface area contributed by atoms with E-state index in [0.29, 0.717) is 23.6 Å². The molecule has 2 aromatic rings. The van der Waals surface area contributed by atoms with Crippen molar-refractivity contribution in [2.24, 2.45) is 5.73 Å². The van der Waals surface area contributed by atoms with Crippen LogP contribution in [0.1, 0.15) is 19.2 Å². The number of rotatable bonds is 3. The van der Waals surface area contributed by atoms with E-state index in [1.165, 1.54) is 0 Å². The van der Waals surface area contributed by atoms with E-state index in [1.54, 1.807) is 25.1 Å². The topological polar surface area (TPSA) is 81.2 Å². The maximum absolute atomic E-state index is 11.6. The van der Waals surface area contributed by atoms with Gasteiger partial charge < -0.3 is 15.5 Å². The molecular formula is C12H15N3O2. The summed E-state index contributed by atoms with van der Waals surface area (Å²) in [6.07, 6.45) is 0.608. The average Bonchev–Trinajstić information content (AvgIpc) is 2.67. The van der Waals surface area contributed by atoms with Gasteiger partial charge in [-0.15, -0.1) is 0 Å². The third kappa shape index (κ3) is 2.45. The number of nitrogens with two attached hydrogens (primary N) is 1. The van der Waals surface area contributed by atoms with Crippen LogP contribution >= 0.6 is 0 Å². The number of nitrogens with zero attached hydrogens (tertiary/aromatic N) is 1. The van der Waals surface area contributed by atoms with Crippen LogP contribution in [0, 0.1) is 6.92 Å². The van der Waals surface area contributed by atoms with Crippen molar-refractivity contribution in [3.05, 3.63) is 24.1 Å². The fourth-order valence-electron chi connectivity index (χ4n) is 1.54. The number of amides is 1. The van der Waals surface area contributed by atoms with Crippen molar-refractivity contribution < 1.29 is 9.21 Å². The third-order valence-corrected chi connectivity index (χ3v) is 2.54. The normalized spacial score (nSPS) is 12.6. The molecule has 17 heavy (non-hydrogen) atoms. The average molecular weight is 233 g/mol. The van der Waals surface area contributed by atoms with Gasteiger partial charge in [0.2, 0.25) is 5.91 Å². The predicted molar refractivity (Wildman–Crippen MR) is 65.6 cm³/mol. The van der Waals surface area contributed by atoms with Gasteiger partial charge in [-0.1, -0.05) is 6.92 Å². The lowest BCUT2D eigenvalue weighted by Gasteiger charge is -2.09. The van der Waals surface area contributed by atoms with E-state index in [2.05, 4.69) is 10.3 Å². The molecule has 2 rings (SSSR count). The second kappa shape index (κ2) is 4.55. The van der Waals surface area contributed by atoms with Gasteiger partial charge in [0.1, 0.15) is 5.52 Å². The van der Waals surface area contributed by atoms with Crippen molar-refractivity contribution in [1.82, 2.24) is 4.98 Å². The van der Waals surface area contributed by atoms with E-state index < -0.39 is 6.04 Å². The van der Waals surface area contributed by atoms with Crippen LogP contribution < -0.4 is 11.1 Å². The van der Waals surface area contributed by atoms with E-state index in [9.17, 15) is 4.79 Å². The molecular weight excluding hydrogens is 218 g/mol. The molecule has 3 N–H and O–H groups in total. The van der Waals surface area contributed by atoms with Crippen molar-refractivity contribution in [2.45, 2.75) is 26.3 Å². The van der Waals surface area contributed by atoms with Gasteiger partial charge in [-0.05, 0) is 24.6 Å². The number of fused-ring (bicyclic) bond motifs is 1. The lowest BCUT2D eigenvalue weighted by Crippen LogP contribution is -2.34. The minimum atomic E-state index is -0.482. The van der Waals surface area contributed by atoms with Gasteiger partial charge >= 0.3 is 0 Å². The molecule has 0 bridgehead atoms. The number of nitrogens with one attached hydrogen (secondary N) is 1. The quantitative estimate of drug-likeness (QED) is 0.847. The molecule has 0 aliphatic rings. The molecule has 0 aliphatic carbocycles. The molecule has 0 unspecified atom stereocenters. The summed E-state index contributed by atoms with van der Waals surface area (Å²) in [5, 5.41) is 2.75. The summed E-state index contributed by atoms with van der Waals surface area (Å²) in [5.74, 6) is 0.417. The molecule has 1 atom stereocenters. The molecule has 90 valence electrons. The molecule has 1 amide bonds. The fourth-order valence-corrected chi connectivity index (χ4v) is 1.54. The van der Waals surface area contributed by atoms with Crippen LogP contribution in [-0.4, -0.2) is 16.9 Å². The van der Waals surface area contributed by atoms with Gasteiger partial charge in [0.25, 0.3) is 0 Å². The fraction of sp³-hybridized carbons (Fsp3) is 0.333. The molecule has 5 nitrogen and oxygen atoms in total. The number of carbonyl (C=O) groups excluding carboxylic acids is 1. The standard InChI is InChI=1S/C12H15N3O2/c1-3-9(13)12(16)15-8-4-5-11-10(6-8)14-7(2)17-11/h4-6,9H,3,13H2,1-2H3,(H,15,16)/t9-/m1/s1. The maximum atomic E-state index is 11.6. The predicted octanol–water partition coefficient (Wildman–Crippen LogP) is 1.81. The molecule has 0 radical (unpaired) electrons. The highest BCUT2D eigenvalue weighted by Gasteiger charge is 2.11. The van der Waals surface area contributed by atoms with Crippen molar-refractivity contribution in [3.63, 3.8) is 0 Å². The Hall–Kier alpha value is -1.88. The minimum Gasteiger partial charge on any atom is -0.441 e. The third-order valence-electron chi connectivity index (χ3n) is 2.54. The highest BCUT2D eigenvalue weighted by molar-refractivity contribution is 5.96. The molecule has 5 heteroatoms. The maximum Gasteiger partial charge on any atom is 0.241 e. The molecule has 0 fully saturated rings. The van der Waals surface area contributed by atoms with E-state index in [0.717, 1.165) is 5.52 Å². The number of benzene rings is 1. The van der Waals surface area contributed by atoms with Crippen LogP contribution in [0.4, 0.5) is 5.69 Å². The Morgan fingerprint density at radius 1 is 1.59 bits per heavy atom. The van der Waals surface area contributed by atoms with E-state index in [-0.39, 0.29) is 5.91 Å². The molecule has 1 aromatic carbocycles. The molecule has 1 heterocycles. The largest absolute Gasteiger partial charge is 0.441 e. The summed E-state index contributed by atoms with van der Waals surface area (Å²) in [6, 6.07) is 4.84. The smallest absolute Gasteiger partial charge is 0.241 e. The highest BCUT2D eigenvalue weighted by atomic mass is 16.3. The number of hydrogen-bond donors (Lipinski definition) is 2. The molecule has 0 saturated carbocycles. The van der Waals surface area contributed by atoms with Crippen molar-refractivity contribution in [1.29, 1.82) is 0 Å². The number of carbonyl (C=O) groups is 1. The number of aryl methyl sites for hydroxylation is 1. The highest BCUT2D eigenvalue weighted by Crippen LogP contribution is 2.19. The first-order valence-electron chi connectivity index (χ1n) is 5.53. The van der Waals surface area contributed by atoms with Gasteiger partial charge in [-0.2, -0.15) is 0 Å². The van der Waals surface area contributed by atoms with Crippen molar-refractivity contribution >= 4 is 22.7 Å². The Bertz CT molecular complexity index is 548. The first kappa shape index (κ1) is 11.6. The second-order valence-corrected chi connectivity index (χ2v) is 3.92. The van der Waals surface area contributed by atoms with E-state index >= 15 is 0 Å². The Balaban J connectivity index is 2.22. The van der Waals surface area contributed by atoms with E-state index in [4.69, 9.17) is 10.2 Å². The number of anilines is 1. The Labute approximate surface area is 99.0 Å². The van der Waals surface area contributed by atoms with E-state index in [1.807, 2.05) is 6.92 Å². The first-order valence-corrected chi connectivity index (χ1v) is 5.53. The number of aromatic nitrogens is 1. The summed E-state index contributed by atoms with van der Waals surface area (Å²) >= 11 is 0. The van der Waals surface area contributed by atoms with Crippen LogP contribution in [0.5, 0.6) is 0 Å². The van der Waals surface area contributed by atoms with Crippen molar-refractivity contribution in [3.8, 4) is 0 Å². The van der Waals surface area contributed by atoms with Gasteiger partial charge in [-0.25, -0.2) is 4.98 Å². The second-order valence-electron chi connectivity index (χ2n) is 3.92. The zero-order chi connectivity index (χ0) is 12.4.